The van der Waals surface area contributed by atoms with Gasteiger partial charge in [0.05, 0.1) is 0 Å². The van der Waals surface area contributed by atoms with Crippen LogP contribution in [0.1, 0.15) is 19.5 Å². The molecule has 1 fully saturated rings. The van der Waals surface area contributed by atoms with Gasteiger partial charge in [-0.3, -0.25) is 0 Å². The summed E-state index contributed by atoms with van der Waals surface area (Å²) in [4.78, 5) is 8.23. The van der Waals surface area contributed by atoms with E-state index in [0.717, 1.165) is 5.69 Å². The minimum atomic E-state index is -0.618. The Kier molecular flexibility index (Phi) is 4.77. The van der Waals surface area contributed by atoms with Crippen LogP contribution in [0, 0.1) is 13.3 Å². The fourth-order valence-corrected chi connectivity index (χ4v) is 2.40. The molecule has 2 atom stereocenters. The van der Waals surface area contributed by atoms with Crippen molar-refractivity contribution in [1.29, 1.82) is 0 Å². The first kappa shape index (κ1) is 16.2. The first-order valence-electron chi connectivity index (χ1n) is 5.97. The van der Waals surface area contributed by atoms with Gasteiger partial charge in [0.2, 0.25) is 0 Å². The molecule has 1 aliphatic heterocycles. The van der Waals surface area contributed by atoms with E-state index in [2.05, 4.69) is 16.9 Å². The summed E-state index contributed by atoms with van der Waals surface area (Å²) in [6, 6.07) is 0. The number of fused-ring (bicyclic) bond motifs is 1. The van der Waals surface area contributed by atoms with Crippen molar-refractivity contribution >= 4 is 17.2 Å². The number of nitrogens with zero attached hydrogens (tertiary/aromatic N) is 3. The smallest absolute Gasteiger partial charge is 0.170 e. The number of hydrogen-bond donors (Lipinski definition) is 0. The first-order chi connectivity index (χ1) is 8.96. The van der Waals surface area contributed by atoms with E-state index in [-0.39, 0.29) is 44.9 Å². The molecule has 0 unspecified atom stereocenters. The van der Waals surface area contributed by atoms with Gasteiger partial charge in [-0.15, -0.1) is 0 Å². The third-order valence-electron chi connectivity index (χ3n) is 2.97. The van der Waals surface area contributed by atoms with Crippen LogP contribution in [0.3, 0.4) is 0 Å². The SMILES string of the molecule is [CH2-][C@H]1OC(C)(C)O[C@H]1[CH-]c1cnc2c(Cl)nccn12.[Y]. The normalized spacial score (nSPS) is 24.6. The second-order valence-electron chi connectivity index (χ2n) is 4.90. The van der Waals surface area contributed by atoms with E-state index in [0.29, 0.717) is 10.8 Å². The van der Waals surface area contributed by atoms with Gasteiger partial charge in [-0.1, -0.05) is 23.5 Å². The maximum Gasteiger partial charge on any atom is 0.170 e. The van der Waals surface area contributed by atoms with Crippen LogP contribution in [0.15, 0.2) is 18.6 Å². The van der Waals surface area contributed by atoms with E-state index in [1.54, 1.807) is 18.6 Å². The maximum atomic E-state index is 5.98. The first-order valence-corrected chi connectivity index (χ1v) is 6.35. The quantitative estimate of drug-likeness (QED) is 0.763. The van der Waals surface area contributed by atoms with Crippen LogP contribution in [0.25, 0.3) is 5.65 Å². The van der Waals surface area contributed by atoms with E-state index in [1.165, 1.54) is 0 Å². The predicted octanol–water partition coefficient (Wildman–Crippen LogP) is 2.29. The number of aromatic nitrogens is 3. The molecule has 0 aromatic carbocycles. The molecule has 2 aromatic heterocycles. The summed E-state index contributed by atoms with van der Waals surface area (Å²) in [6.07, 6.45) is 6.62. The number of rotatable bonds is 2. The second kappa shape index (κ2) is 5.89. The summed E-state index contributed by atoms with van der Waals surface area (Å²) in [5, 5.41) is 0.372. The van der Waals surface area contributed by atoms with Crippen molar-refractivity contribution in [3.8, 4) is 0 Å². The standard InChI is InChI=1S/C13H14ClN3O2.Y/c1-8-10(19-13(2,3)18-8)6-9-7-16-12-11(14)15-4-5-17(9)12;/h4-8,10H,1H2,2-3H3;/q-2;/t8-,10+;/m1./s1. The van der Waals surface area contributed by atoms with E-state index in [1.807, 2.05) is 24.7 Å². The molecular weight excluding hydrogens is 355 g/mol. The van der Waals surface area contributed by atoms with Gasteiger partial charge in [0.15, 0.2) is 16.6 Å². The number of imidazole rings is 1. The van der Waals surface area contributed by atoms with E-state index in [4.69, 9.17) is 21.1 Å². The molecule has 0 aliphatic carbocycles. The minimum absolute atomic E-state index is 0. The molecule has 0 spiro atoms. The van der Waals surface area contributed by atoms with Gasteiger partial charge in [0.1, 0.15) is 0 Å². The van der Waals surface area contributed by atoms with Gasteiger partial charge in [0, 0.05) is 51.2 Å². The molecule has 2 aromatic rings. The Hall–Kier alpha value is -0.196. The number of ether oxygens (including phenoxy) is 2. The summed E-state index contributed by atoms with van der Waals surface area (Å²) in [5.41, 5.74) is 1.49. The summed E-state index contributed by atoms with van der Waals surface area (Å²) in [5.74, 6) is -0.618. The molecule has 0 amide bonds. The largest absolute Gasteiger partial charge is 0.378 e. The summed E-state index contributed by atoms with van der Waals surface area (Å²) in [7, 11) is 0. The third kappa shape index (κ3) is 3.02. The van der Waals surface area contributed by atoms with Gasteiger partial charge in [-0.2, -0.15) is 6.42 Å². The van der Waals surface area contributed by atoms with Crippen molar-refractivity contribution in [2.45, 2.75) is 31.8 Å². The number of halogens is 1. The summed E-state index contributed by atoms with van der Waals surface area (Å²) < 4.78 is 13.3. The Balaban J connectivity index is 0.00000147. The molecular formula is C13H14ClN3O2Y-2. The van der Waals surface area contributed by atoms with Crippen LogP contribution in [0.4, 0.5) is 0 Å². The Morgan fingerprint density at radius 1 is 1.40 bits per heavy atom. The van der Waals surface area contributed by atoms with E-state index in [9.17, 15) is 0 Å². The Morgan fingerprint density at radius 2 is 2.15 bits per heavy atom. The topological polar surface area (TPSA) is 48.7 Å². The third-order valence-corrected chi connectivity index (χ3v) is 3.24. The van der Waals surface area contributed by atoms with Gasteiger partial charge in [-0.25, -0.2) is 4.98 Å². The van der Waals surface area contributed by atoms with Crippen LogP contribution in [-0.4, -0.2) is 32.4 Å². The van der Waals surface area contributed by atoms with Crippen molar-refractivity contribution in [3.05, 3.63) is 42.8 Å². The fraction of sp³-hybridized carbons (Fsp3) is 0.385. The summed E-state index contributed by atoms with van der Waals surface area (Å²) >= 11 is 5.98. The van der Waals surface area contributed by atoms with Crippen molar-refractivity contribution in [1.82, 2.24) is 14.4 Å². The monoisotopic (exact) mass is 368 g/mol. The fourth-order valence-electron chi connectivity index (χ4n) is 2.20. The molecule has 0 saturated carbocycles. The van der Waals surface area contributed by atoms with Crippen LogP contribution >= 0.6 is 11.6 Å². The molecule has 1 radical (unpaired) electrons. The van der Waals surface area contributed by atoms with Gasteiger partial charge in [0.25, 0.3) is 0 Å². The molecule has 7 heteroatoms. The van der Waals surface area contributed by atoms with Crippen LogP contribution < -0.4 is 0 Å². The second-order valence-corrected chi connectivity index (χ2v) is 5.26. The average Bonchev–Trinajstić information content (AvgIpc) is 2.82. The molecule has 0 N–H and O–H groups in total. The van der Waals surface area contributed by atoms with Crippen LogP contribution in [-0.2, 0) is 42.2 Å². The maximum absolute atomic E-state index is 5.98. The number of hydrogen-bond acceptors (Lipinski definition) is 4. The van der Waals surface area contributed by atoms with Gasteiger partial charge in [-0.05, 0) is 20.0 Å². The zero-order chi connectivity index (χ0) is 13.6. The molecule has 20 heavy (non-hydrogen) atoms. The van der Waals surface area contributed by atoms with Crippen molar-refractivity contribution in [2.24, 2.45) is 0 Å². The van der Waals surface area contributed by atoms with Crippen molar-refractivity contribution in [2.75, 3.05) is 0 Å². The molecule has 3 rings (SSSR count). The van der Waals surface area contributed by atoms with E-state index >= 15 is 0 Å². The van der Waals surface area contributed by atoms with Gasteiger partial charge < -0.3 is 25.8 Å². The Morgan fingerprint density at radius 3 is 2.80 bits per heavy atom. The Labute approximate surface area is 147 Å². The molecule has 3 heterocycles. The Bertz CT molecular complexity index is 617. The van der Waals surface area contributed by atoms with Crippen molar-refractivity contribution in [3.63, 3.8) is 0 Å². The van der Waals surface area contributed by atoms with Crippen LogP contribution in [0.5, 0.6) is 0 Å². The van der Waals surface area contributed by atoms with Gasteiger partial charge >= 0.3 is 0 Å². The molecule has 1 aliphatic rings. The zero-order valence-electron chi connectivity index (χ0n) is 11.3. The average molecular weight is 369 g/mol. The van der Waals surface area contributed by atoms with Crippen molar-refractivity contribution < 1.29 is 42.2 Å². The zero-order valence-corrected chi connectivity index (χ0v) is 14.9. The van der Waals surface area contributed by atoms with Crippen LogP contribution in [0.2, 0.25) is 5.15 Å². The predicted molar refractivity (Wildman–Crippen MR) is 70.6 cm³/mol. The molecule has 105 valence electrons. The molecule has 5 nitrogen and oxygen atoms in total. The minimum Gasteiger partial charge on any atom is -0.378 e. The van der Waals surface area contributed by atoms with E-state index < -0.39 is 5.79 Å². The summed E-state index contributed by atoms with van der Waals surface area (Å²) in [6.45, 7) is 7.68. The molecule has 1 saturated heterocycles. The molecule has 0 bridgehead atoms.